The highest BCUT2D eigenvalue weighted by Crippen LogP contribution is 2.20. The maximum absolute atomic E-state index is 12.0. The molecule has 1 heterocycles. The van der Waals surface area contributed by atoms with Gasteiger partial charge in [0, 0.05) is 16.0 Å². The summed E-state index contributed by atoms with van der Waals surface area (Å²) in [5, 5.41) is 6.46. The van der Waals surface area contributed by atoms with Gasteiger partial charge < -0.3 is 5.32 Å². The Labute approximate surface area is 130 Å². The van der Waals surface area contributed by atoms with Crippen LogP contribution in [0.4, 0.5) is 0 Å². The minimum absolute atomic E-state index is 0.0000778. The SMILES string of the molecule is CCC(CBr)(CBr)NC(=O)c1csc(I)c1. The Hall–Kier alpha value is 0.860. The minimum Gasteiger partial charge on any atom is -0.345 e. The molecule has 0 spiro atoms. The van der Waals surface area contributed by atoms with Crippen LogP contribution in [0.25, 0.3) is 0 Å². The summed E-state index contributed by atoms with van der Waals surface area (Å²) in [6, 6.07) is 1.91. The second kappa shape index (κ2) is 6.70. The second-order valence-electron chi connectivity index (χ2n) is 3.49. The van der Waals surface area contributed by atoms with Crippen LogP contribution in [0.2, 0.25) is 0 Å². The summed E-state index contributed by atoms with van der Waals surface area (Å²) in [5.74, 6) is -0.0000778. The van der Waals surface area contributed by atoms with E-state index in [4.69, 9.17) is 0 Å². The van der Waals surface area contributed by atoms with Gasteiger partial charge in [0.25, 0.3) is 5.91 Å². The van der Waals surface area contributed by atoms with E-state index >= 15 is 0 Å². The Morgan fingerprint density at radius 2 is 2.19 bits per heavy atom. The standard InChI is InChI=1S/C10H12Br2INOS/c1-2-10(5-11,6-12)14-9(15)7-3-8(13)16-4-7/h3-4H,2,5-6H2,1H3,(H,14,15). The third-order valence-corrected chi connectivity index (χ3v) is 6.33. The van der Waals surface area contributed by atoms with Gasteiger partial charge in [-0.1, -0.05) is 38.8 Å². The second-order valence-corrected chi connectivity index (χ2v) is 7.42. The Balaban J connectivity index is 2.76. The first-order valence-electron chi connectivity index (χ1n) is 4.75. The molecule has 16 heavy (non-hydrogen) atoms. The average Bonchev–Trinajstić information content (AvgIpc) is 2.73. The first-order valence-corrected chi connectivity index (χ1v) is 8.95. The van der Waals surface area contributed by atoms with Crippen molar-refractivity contribution in [3.63, 3.8) is 0 Å². The first-order chi connectivity index (χ1) is 7.56. The molecular formula is C10H12Br2INOS. The van der Waals surface area contributed by atoms with Crippen LogP contribution in [-0.4, -0.2) is 22.1 Å². The van der Waals surface area contributed by atoms with Gasteiger partial charge in [-0.2, -0.15) is 0 Å². The lowest BCUT2D eigenvalue weighted by Gasteiger charge is -2.29. The molecule has 1 rings (SSSR count). The number of nitrogens with one attached hydrogen (secondary N) is 1. The molecule has 1 N–H and O–H groups in total. The van der Waals surface area contributed by atoms with Crippen molar-refractivity contribution in [3.05, 3.63) is 19.9 Å². The maximum Gasteiger partial charge on any atom is 0.252 e. The predicted octanol–water partition coefficient (Wildman–Crippen LogP) is 4.02. The fourth-order valence-corrected chi connectivity index (χ4v) is 4.45. The third kappa shape index (κ3) is 3.68. The van der Waals surface area contributed by atoms with E-state index in [-0.39, 0.29) is 11.4 Å². The van der Waals surface area contributed by atoms with Crippen molar-refractivity contribution < 1.29 is 4.79 Å². The minimum atomic E-state index is -0.204. The predicted molar refractivity (Wildman–Crippen MR) is 85.1 cm³/mol. The van der Waals surface area contributed by atoms with E-state index in [1.54, 1.807) is 11.3 Å². The molecule has 1 aromatic rings. The van der Waals surface area contributed by atoms with E-state index in [2.05, 4.69) is 66.7 Å². The van der Waals surface area contributed by atoms with E-state index in [0.29, 0.717) is 0 Å². The fourth-order valence-electron chi connectivity index (χ4n) is 1.12. The van der Waals surface area contributed by atoms with Crippen molar-refractivity contribution in [2.45, 2.75) is 18.9 Å². The highest BCUT2D eigenvalue weighted by Gasteiger charge is 2.28. The number of amides is 1. The van der Waals surface area contributed by atoms with E-state index in [9.17, 15) is 4.79 Å². The van der Waals surface area contributed by atoms with Crippen molar-refractivity contribution in [1.29, 1.82) is 0 Å². The molecule has 2 nitrogen and oxygen atoms in total. The maximum atomic E-state index is 12.0. The summed E-state index contributed by atoms with van der Waals surface area (Å²) in [6.07, 6.45) is 0.885. The van der Waals surface area contributed by atoms with Gasteiger partial charge in [-0.15, -0.1) is 11.3 Å². The normalized spacial score (nSPS) is 11.5. The van der Waals surface area contributed by atoms with Crippen molar-refractivity contribution in [1.82, 2.24) is 5.32 Å². The zero-order valence-corrected chi connectivity index (χ0v) is 14.9. The molecule has 90 valence electrons. The van der Waals surface area contributed by atoms with Crippen LogP contribution in [0.3, 0.4) is 0 Å². The molecule has 0 aliphatic carbocycles. The average molecular weight is 481 g/mol. The lowest BCUT2D eigenvalue weighted by Crippen LogP contribution is -2.51. The van der Waals surface area contributed by atoms with E-state index in [0.717, 1.165) is 25.5 Å². The van der Waals surface area contributed by atoms with E-state index in [1.165, 1.54) is 0 Å². The number of thiophene rings is 1. The number of hydrogen-bond donors (Lipinski definition) is 1. The van der Waals surface area contributed by atoms with Crippen molar-refractivity contribution in [2.75, 3.05) is 10.7 Å². The lowest BCUT2D eigenvalue weighted by molar-refractivity contribution is 0.0916. The fraction of sp³-hybridized carbons (Fsp3) is 0.500. The molecule has 6 heteroatoms. The van der Waals surface area contributed by atoms with Crippen molar-refractivity contribution in [2.24, 2.45) is 0 Å². The number of carbonyl (C=O) groups excluding carboxylic acids is 1. The number of hydrogen-bond acceptors (Lipinski definition) is 2. The molecule has 0 aliphatic heterocycles. The van der Waals surface area contributed by atoms with Gasteiger partial charge in [-0.05, 0) is 35.1 Å². The van der Waals surface area contributed by atoms with Gasteiger partial charge in [-0.25, -0.2) is 0 Å². The summed E-state index contributed by atoms with van der Waals surface area (Å²) >= 11 is 10.7. The molecule has 0 fully saturated rings. The molecule has 0 atom stereocenters. The topological polar surface area (TPSA) is 29.1 Å². The van der Waals surface area contributed by atoms with Crippen LogP contribution in [0.5, 0.6) is 0 Å². The summed E-state index contributed by atoms with van der Waals surface area (Å²) in [6.45, 7) is 2.07. The first kappa shape index (κ1) is 14.9. The monoisotopic (exact) mass is 479 g/mol. The molecule has 1 amide bonds. The van der Waals surface area contributed by atoms with Gasteiger partial charge in [0.1, 0.15) is 0 Å². The lowest BCUT2D eigenvalue weighted by atomic mass is 10.0. The summed E-state index contributed by atoms with van der Waals surface area (Å²) in [7, 11) is 0. The van der Waals surface area contributed by atoms with Crippen LogP contribution < -0.4 is 5.32 Å². The van der Waals surface area contributed by atoms with Gasteiger partial charge in [-0.3, -0.25) is 4.79 Å². The molecule has 1 aromatic heterocycles. The molecule has 0 unspecified atom stereocenters. The van der Waals surface area contributed by atoms with Gasteiger partial charge in [0.05, 0.1) is 14.0 Å². The van der Waals surface area contributed by atoms with Crippen LogP contribution >= 0.6 is 65.8 Å². The van der Waals surface area contributed by atoms with Gasteiger partial charge in [0.15, 0.2) is 0 Å². The summed E-state index contributed by atoms with van der Waals surface area (Å²) in [4.78, 5) is 12.0. The zero-order valence-electron chi connectivity index (χ0n) is 8.73. The van der Waals surface area contributed by atoms with Crippen LogP contribution in [0, 0.1) is 2.88 Å². The van der Waals surface area contributed by atoms with Crippen LogP contribution in [0.1, 0.15) is 23.7 Å². The number of carbonyl (C=O) groups is 1. The number of alkyl halides is 2. The smallest absolute Gasteiger partial charge is 0.252 e. The molecule has 0 saturated heterocycles. The number of halogens is 3. The summed E-state index contributed by atoms with van der Waals surface area (Å²) < 4.78 is 1.13. The Morgan fingerprint density at radius 1 is 1.56 bits per heavy atom. The number of rotatable bonds is 5. The molecule has 0 aromatic carbocycles. The van der Waals surface area contributed by atoms with Crippen molar-refractivity contribution in [3.8, 4) is 0 Å². The third-order valence-electron chi connectivity index (χ3n) is 2.40. The Kier molecular flexibility index (Phi) is 6.25. The molecule has 0 aliphatic rings. The van der Waals surface area contributed by atoms with Crippen molar-refractivity contribution >= 4 is 71.7 Å². The molecular weight excluding hydrogens is 469 g/mol. The van der Waals surface area contributed by atoms with E-state index < -0.39 is 0 Å². The van der Waals surface area contributed by atoms with E-state index in [1.807, 2.05) is 11.4 Å². The highest BCUT2D eigenvalue weighted by atomic mass is 127. The Morgan fingerprint density at radius 3 is 2.56 bits per heavy atom. The Bertz CT molecular complexity index is 357. The van der Waals surface area contributed by atoms with Gasteiger partial charge >= 0.3 is 0 Å². The molecule has 0 radical (unpaired) electrons. The quantitative estimate of drug-likeness (QED) is 0.500. The molecule has 0 bridgehead atoms. The summed E-state index contributed by atoms with van der Waals surface area (Å²) in [5.41, 5.74) is 0.541. The zero-order chi connectivity index (χ0) is 12.2. The highest BCUT2D eigenvalue weighted by molar-refractivity contribution is 14.1. The van der Waals surface area contributed by atoms with Crippen LogP contribution in [-0.2, 0) is 0 Å². The van der Waals surface area contributed by atoms with Crippen LogP contribution in [0.15, 0.2) is 11.4 Å². The largest absolute Gasteiger partial charge is 0.345 e. The molecule has 0 saturated carbocycles. The van der Waals surface area contributed by atoms with Gasteiger partial charge in [0.2, 0.25) is 0 Å².